The fourth-order valence-electron chi connectivity index (χ4n) is 4.02. The predicted molar refractivity (Wildman–Crippen MR) is 90.4 cm³/mol. The number of carbonyl (C=O) groups is 1. The van der Waals surface area contributed by atoms with E-state index in [1.807, 2.05) is 17.9 Å². The van der Waals surface area contributed by atoms with Crippen molar-refractivity contribution in [1.82, 2.24) is 14.3 Å². The van der Waals surface area contributed by atoms with Gasteiger partial charge in [0.15, 0.2) is 0 Å². The highest BCUT2D eigenvalue weighted by atomic mass is 32.1. The summed E-state index contributed by atoms with van der Waals surface area (Å²) in [6.07, 6.45) is 0. The van der Waals surface area contributed by atoms with Gasteiger partial charge in [0.2, 0.25) is 11.0 Å². The molecule has 0 aliphatic carbocycles. The SMILES string of the molecule is CC(=O)N1C[C@H]2CN(c3nc(C)ns3)C[C@H]2[C@@H]1c1ccccc1. The predicted octanol–water partition coefficient (Wildman–Crippen LogP) is 2.50. The Morgan fingerprint density at radius 1 is 1.22 bits per heavy atom. The number of fused-ring (bicyclic) bond motifs is 1. The van der Waals surface area contributed by atoms with Gasteiger partial charge in [0, 0.05) is 49.9 Å². The third-order valence-electron chi connectivity index (χ3n) is 5.00. The molecule has 0 saturated carbocycles. The maximum atomic E-state index is 12.1. The van der Waals surface area contributed by atoms with Crippen molar-refractivity contribution in [3.05, 3.63) is 41.7 Å². The smallest absolute Gasteiger partial charge is 0.219 e. The van der Waals surface area contributed by atoms with Gasteiger partial charge in [-0.3, -0.25) is 4.79 Å². The Bertz CT molecular complexity index is 716. The zero-order valence-electron chi connectivity index (χ0n) is 13.3. The largest absolute Gasteiger partial charge is 0.346 e. The fourth-order valence-corrected chi connectivity index (χ4v) is 4.71. The number of rotatable bonds is 2. The molecule has 0 N–H and O–H groups in total. The molecule has 23 heavy (non-hydrogen) atoms. The molecule has 3 heterocycles. The maximum Gasteiger partial charge on any atom is 0.219 e. The van der Waals surface area contributed by atoms with Crippen LogP contribution >= 0.6 is 11.5 Å². The van der Waals surface area contributed by atoms with Gasteiger partial charge < -0.3 is 9.80 Å². The van der Waals surface area contributed by atoms with Crippen molar-refractivity contribution in [2.75, 3.05) is 24.5 Å². The zero-order valence-corrected chi connectivity index (χ0v) is 14.2. The Balaban J connectivity index is 1.63. The molecule has 2 aliphatic rings. The first kappa shape index (κ1) is 14.6. The third kappa shape index (κ3) is 2.51. The lowest BCUT2D eigenvalue weighted by atomic mass is 9.89. The molecule has 1 aromatic carbocycles. The molecule has 4 rings (SSSR count). The van der Waals surface area contributed by atoms with E-state index in [9.17, 15) is 4.79 Å². The summed E-state index contributed by atoms with van der Waals surface area (Å²) in [6.45, 7) is 6.37. The first-order valence-electron chi connectivity index (χ1n) is 8.01. The Morgan fingerprint density at radius 2 is 2.00 bits per heavy atom. The van der Waals surface area contributed by atoms with E-state index in [1.165, 1.54) is 17.1 Å². The molecule has 0 spiro atoms. The normalized spacial score (nSPS) is 26.6. The average molecular weight is 328 g/mol. The summed E-state index contributed by atoms with van der Waals surface area (Å²) in [6, 6.07) is 10.6. The number of nitrogens with zero attached hydrogens (tertiary/aromatic N) is 4. The van der Waals surface area contributed by atoms with Gasteiger partial charge in [0.1, 0.15) is 5.82 Å². The third-order valence-corrected chi connectivity index (χ3v) is 5.87. The van der Waals surface area contributed by atoms with Crippen LogP contribution < -0.4 is 4.90 Å². The molecule has 2 aliphatic heterocycles. The highest BCUT2D eigenvalue weighted by Crippen LogP contribution is 2.46. The second kappa shape index (κ2) is 5.60. The Morgan fingerprint density at radius 3 is 2.65 bits per heavy atom. The van der Waals surface area contributed by atoms with Crippen molar-refractivity contribution in [1.29, 1.82) is 0 Å². The standard InChI is InChI=1S/C17H20N4OS/c1-11-18-17(23-19-11)20-8-14-9-21(12(2)22)16(15(14)10-20)13-6-4-3-5-7-13/h3-7,14-16H,8-10H2,1-2H3/t14-,15-,16+/m1/s1. The van der Waals surface area contributed by atoms with Gasteiger partial charge in [-0.25, -0.2) is 4.98 Å². The second-order valence-corrected chi connectivity index (χ2v) is 7.21. The van der Waals surface area contributed by atoms with Crippen molar-refractivity contribution < 1.29 is 4.79 Å². The number of hydrogen-bond donors (Lipinski definition) is 0. The number of likely N-dealkylation sites (tertiary alicyclic amines) is 1. The molecule has 2 saturated heterocycles. The number of anilines is 1. The number of benzene rings is 1. The van der Waals surface area contributed by atoms with Gasteiger partial charge in [0.25, 0.3) is 0 Å². The van der Waals surface area contributed by atoms with Crippen molar-refractivity contribution in [3.8, 4) is 0 Å². The number of carbonyl (C=O) groups excluding carboxylic acids is 1. The molecule has 5 nitrogen and oxygen atoms in total. The van der Waals surface area contributed by atoms with Crippen LogP contribution in [0.4, 0.5) is 5.13 Å². The number of aromatic nitrogens is 2. The monoisotopic (exact) mass is 328 g/mol. The van der Waals surface area contributed by atoms with Crippen LogP contribution in [0.1, 0.15) is 24.4 Å². The molecular formula is C17H20N4OS. The Labute approximate surface area is 140 Å². The molecule has 0 unspecified atom stereocenters. The molecule has 0 radical (unpaired) electrons. The van der Waals surface area contributed by atoms with Gasteiger partial charge in [-0.15, -0.1) is 0 Å². The summed E-state index contributed by atoms with van der Waals surface area (Å²) in [5.74, 6) is 1.98. The summed E-state index contributed by atoms with van der Waals surface area (Å²) in [5, 5.41) is 1.01. The van der Waals surface area contributed by atoms with E-state index in [1.54, 1.807) is 6.92 Å². The first-order chi connectivity index (χ1) is 11.1. The quantitative estimate of drug-likeness (QED) is 0.850. The Kier molecular flexibility index (Phi) is 3.56. The molecule has 0 bridgehead atoms. The summed E-state index contributed by atoms with van der Waals surface area (Å²) in [7, 11) is 0. The first-order valence-corrected chi connectivity index (χ1v) is 8.78. The van der Waals surface area contributed by atoms with E-state index in [0.717, 1.165) is 30.6 Å². The second-order valence-electron chi connectivity index (χ2n) is 6.48. The van der Waals surface area contributed by atoms with Crippen LogP contribution in [0.15, 0.2) is 30.3 Å². The summed E-state index contributed by atoms with van der Waals surface area (Å²) in [5.41, 5.74) is 1.24. The minimum absolute atomic E-state index is 0.173. The van der Waals surface area contributed by atoms with Crippen LogP contribution in [0.25, 0.3) is 0 Å². The molecule has 1 aromatic heterocycles. The highest BCUT2D eigenvalue weighted by molar-refractivity contribution is 7.09. The van der Waals surface area contributed by atoms with E-state index in [0.29, 0.717) is 11.8 Å². The lowest BCUT2D eigenvalue weighted by Crippen LogP contribution is -2.34. The van der Waals surface area contributed by atoms with Crippen LogP contribution in [0.2, 0.25) is 0 Å². The summed E-state index contributed by atoms with van der Waals surface area (Å²) < 4.78 is 4.30. The number of aryl methyl sites for hydroxylation is 1. The summed E-state index contributed by atoms with van der Waals surface area (Å²) >= 11 is 1.47. The minimum atomic E-state index is 0.173. The topological polar surface area (TPSA) is 49.3 Å². The highest BCUT2D eigenvalue weighted by Gasteiger charge is 2.48. The van der Waals surface area contributed by atoms with Crippen molar-refractivity contribution in [2.24, 2.45) is 11.8 Å². The van der Waals surface area contributed by atoms with E-state index in [-0.39, 0.29) is 11.9 Å². The van der Waals surface area contributed by atoms with E-state index in [4.69, 9.17) is 0 Å². The van der Waals surface area contributed by atoms with Crippen LogP contribution in [0.3, 0.4) is 0 Å². The number of hydrogen-bond acceptors (Lipinski definition) is 5. The Hall–Kier alpha value is -1.95. The van der Waals surface area contributed by atoms with E-state index >= 15 is 0 Å². The average Bonchev–Trinajstić information content (AvgIpc) is 3.20. The van der Waals surface area contributed by atoms with Crippen LogP contribution in [0, 0.1) is 18.8 Å². The molecule has 2 aromatic rings. The molecule has 120 valence electrons. The molecule has 2 fully saturated rings. The van der Waals surface area contributed by atoms with Gasteiger partial charge in [0.05, 0.1) is 6.04 Å². The van der Waals surface area contributed by atoms with Crippen LogP contribution in [-0.4, -0.2) is 39.8 Å². The fraction of sp³-hybridized carbons (Fsp3) is 0.471. The zero-order chi connectivity index (χ0) is 16.0. The number of amides is 1. The van der Waals surface area contributed by atoms with Crippen molar-refractivity contribution >= 4 is 22.6 Å². The molecule has 3 atom stereocenters. The van der Waals surface area contributed by atoms with Crippen LogP contribution in [0.5, 0.6) is 0 Å². The van der Waals surface area contributed by atoms with Crippen LogP contribution in [-0.2, 0) is 4.79 Å². The van der Waals surface area contributed by atoms with E-state index in [2.05, 4.69) is 38.5 Å². The van der Waals surface area contributed by atoms with E-state index < -0.39 is 0 Å². The maximum absolute atomic E-state index is 12.1. The van der Waals surface area contributed by atoms with Crippen molar-refractivity contribution in [3.63, 3.8) is 0 Å². The minimum Gasteiger partial charge on any atom is -0.346 e. The lowest BCUT2D eigenvalue weighted by Gasteiger charge is -2.29. The van der Waals surface area contributed by atoms with Gasteiger partial charge in [-0.1, -0.05) is 30.3 Å². The molecular weight excluding hydrogens is 308 g/mol. The van der Waals surface area contributed by atoms with Crippen molar-refractivity contribution in [2.45, 2.75) is 19.9 Å². The molecule has 6 heteroatoms. The van der Waals surface area contributed by atoms with Gasteiger partial charge >= 0.3 is 0 Å². The summed E-state index contributed by atoms with van der Waals surface area (Å²) in [4.78, 5) is 21.0. The van der Waals surface area contributed by atoms with Gasteiger partial charge in [-0.05, 0) is 12.5 Å². The molecule has 1 amide bonds. The lowest BCUT2D eigenvalue weighted by molar-refractivity contribution is -0.130. The van der Waals surface area contributed by atoms with Gasteiger partial charge in [-0.2, -0.15) is 4.37 Å².